The maximum absolute atomic E-state index is 4.07. The molecule has 1 aliphatic rings. The summed E-state index contributed by atoms with van der Waals surface area (Å²) in [5.74, 6) is 0. The van der Waals surface area contributed by atoms with E-state index in [9.17, 15) is 0 Å². The topological polar surface area (TPSA) is 16.8 Å². The monoisotopic (exact) mass is 146 g/mol. The SMILES string of the molecule is C=CC[NH+]1C=NCC1.[Cl-]. The lowest BCUT2D eigenvalue weighted by atomic mass is 10.5. The molecule has 1 rings (SSSR count). The fraction of sp³-hybridized carbons (Fsp3) is 0.500. The van der Waals surface area contributed by atoms with E-state index >= 15 is 0 Å². The van der Waals surface area contributed by atoms with Gasteiger partial charge in [-0.05, 0) is 6.08 Å². The average molecular weight is 147 g/mol. The molecule has 0 saturated heterocycles. The highest BCUT2D eigenvalue weighted by atomic mass is 35.5. The number of quaternary nitrogens is 1. The van der Waals surface area contributed by atoms with E-state index in [0.29, 0.717) is 0 Å². The van der Waals surface area contributed by atoms with E-state index in [-0.39, 0.29) is 12.4 Å². The summed E-state index contributed by atoms with van der Waals surface area (Å²) >= 11 is 0. The molecular formula is C6H11ClN2. The van der Waals surface area contributed by atoms with Gasteiger partial charge in [-0.25, -0.2) is 4.99 Å². The first-order valence-corrected chi connectivity index (χ1v) is 2.89. The van der Waals surface area contributed by atoms with Gasteiger partial charge in [-0.3, -0.25) is 4.90 Å². The van der Waals surface area contributed by atoms with Gasteiger partial charge in [0.05, 0.1) is 6.54 Å². The van der Waals surface area contributed by atoms with Crippen LogP contribution in [0.3, 0.4) is 0 Å². The quantitative estimate of drug-likeness (QED) is 0.384. The van der Waals surface area contributed by atoms with Crippen molar-refractivity contribution < 1.29 is 17.3 Å². The third-order valence-electron chi connectivity index (χ3n) is 1.24. The smallest absolute Gasteiger partial charge is 0.184 e. The van der Waals surface area contributed by atoms with Crippen LogP contribution in [-0.2, 0) is 0 Å². The summed E-state index contributed by atoms with van der Waals surface area (Å²) in [5, 5.41) is 0. The van der Waals surface area contributed by atoms with Crippen molar-refractivity contribution in [3.63, 3.8) is 0 Å². The minimum absolute atomic E-state index is 0. The maximum Gasteiger partial charge on any atom is 0.184 e. The van der Waals surface area contributed by atoms with Crippen LogP contribution in [0.25, 0.3) is 0 Å². The molecule has 3 heteroatoms. The fourth-order valence-electron chi connectivity index (χ4n) is 0.807. The van der Waals surface area contributed by atoms with Crippen molar-refractivity contribution in [2.24, 2.45) is 4.99 Å². The zero-order valence-electron chi connectivity index (χ0n) is 5.31. The Morgan fingerprint density at radius 1 is 1.78 bits per heavy atom. The van der Waals surface area contributed by atoms with E-state index in [1.54, 1.807) is 0 Å². The molecule has 2 nitrogen and oxygen atoms in total. The van der Waals surface area contributed by atoms with Crippen molar-refractivity contribution in [2.45, 2.75) is 0 Å². The van der Waals surface area contributed by atoms with Gasteiger partial charge in [-0.1, -0.05) is 6.58 Å². The number of aliphatic imine (C=N–C) groups is 1. The number of halogens is 1. The van der Waals surface area contributed by atoms with E-state index in [0.717, 1.165) is 19.6 Å². The molecule has 0 saturated carbocycles. The summed E-state index contributed by atoms with van der Waals surface area (Å²) in [6.45, 7) is 6.79. The Hall–Kier alpha value is -0.340. The second-order valence-corrected chi connectivity index (χ2v) is 1.94. The third kappa shape index (κ3) is 2.63. The van der Waals surface area contributed by atoms with Crippen LogP contribution in [0.5, 0.6) is 0 Å². The minimum atomic E-state index is 0. The van der Waals surface area contributed by atoms with Gasteiger partial charge in [-0.2, -0.15) is 0 Å². The van der Waals surface area contributed by atoms with Crippen molar-refractivity contribution in [3.8, 4) is 0 Å². The largest absolute Gasteiger partial charge is 1.00 e. The maximum atomic E-state index is 4.07. The van der Waals surface area contributed by atoms with Crippen LogP contribution in [0, 0.1) is 0 Å². The van der Waals surface area contributed by atoms with E-state index in [2.05, 4.69) is 11.6 Å². The van der Waals surface area contributed by atoms with Crippen LogP contribution >= 0.6 is 0 Å². The second-order valence-electron chi connectivity index (χ2n) is 1.94. The van der Waals surface area contributed by atoms with Crippen LogP contribution in [0.4, 0.5) is 0 Å². The standard InChI is InChI=1S/C6H10N2.ClH/c1-2-4-8-5-3-7-6-8;/h2,6H,1,3-5H2;1H. The highest BCUT2D eigenvalue weighted by molar-refractivity contribution is 5.44. The van der Waals surface area contributed by atoms with E-state index in [1.165, 1.54) is 4.90 Å². The van der Waals surface area contributed by atoms with E-state index < -0.39 is 0 Å². The summed E-state index contributed by atoms with van der Waals surface area (Å²) in [4.78, 5) is 5.49. The summed E-state index contributed by atoms with van der Waals surface area (Å²) in [7, 11) is 0. The molecule has 1 heterocycles. The summed E-state index contributed by atoms with van der Waals surface area (Å²) in [6, 6.07) is 0. The molecule has 52 valence electrons. The van der Waals surface area contributed by atoms with Gasteiger partial charge in [0.1, 0.15) is 13.1 Å². The van der Waals surface area contributed by atoms with Gasteiger partial charge < -0.3 is 12.4 Å². The highest BCUT2D eigenvalue weighted by Gasteiger charge is 2.06. The molecule has 1 aliphatic heterocycles. The molecule has 0 aromatic carbocycles. The highest BCUT2D eigenvalue weighted by Crippen LogP contribution is 1.66. The molecule has 0 bridgehead atoms. The molecule has 0 amide bonds. The Labute approximate surface area is 61.7 Å². The Bertz CT molecular complexity index is 112. The first-order chi connectivity index (χ1) is 3.93. The van der Waals surface area contributed by atoms with Crippen molar-refractivity contribution >= 4 is 6.34 Å². The van der Waals surface area contributed by atoms with Crippen molar-refractivity contribution in [3.05, 3.63) is 12.7 Å². The molecule has 0 radical (unpaired) electrons. The van der Waals surface area contributed by atoms with Gasteiger partial charge in [0.2, 0.25) is 0 Å². The molecule has 1 unspecified atom stereocenters. The van der Waals surface area contributed by atoms with Crippen LogP contribution in [0.2, 0.25) is 0 Å². The van der Waals surface area contributed by atoms with E-state index in [1.807, 2.05) is 12.4 Å². The normalized spacial score (nSPS) is 23.3. The third-order valence-corrected chi connectivity index (χ3v) is 1.24. The van der Waals surface area contributed by atoms with Crippen molar-refractivity contribution in [1.82, 2.24) is 0 Å². The summed E-state index contributed by atoms with van der Waals surface area (Å²) in [5.41, 5.74) is 0. The van der Waals surface area contributed by atoms with Crippen molar-refractivity contribution in [2.75, 3.05) is 19.6 Å². The van der Waals surface area contributed by atoms with Gasteiger partial charge >= 0.3 is 0 Å². The number of hydrogen-bond acceptors (Lipinski definition) is 1. The van der Waals surface area contributed by atoms with Crippen molar-refractivity contribution in [1.29, 1.82) is 0 Å². The lowest BCUT2D eigenvalue weighted by Gasteiger charge is -2.01. The van der Waals surface area contributed by atoms with Gasteiger partial charge in [0, 0.05) is 0 Å². The Morgan fingerprint density at radius 3 is 3.00 bits per heavy atom. The van der Waals surface area contributed by atoms with Crippen LogP contribution in [-0.4, -0.2) is 26.0 Å². The lowest BCUT2D eigenvalue weighted by molar-refractivity contribution is -0.783. The zero-order valence-corrected chi connectivity index (χ0v) is 6.06. The summed E-state index contributed by atoms with van der Waals surface area (Å²) < 4.78 is 0. The molecule has 1 N–H and O–H groups in total. The molecule has 0 aromatic rings. The molecular weight excluding hydrogens is 136 g/mol. The number of nitrogens with one attached hydrogen (secondary N) is 1. The molecule has 0 spiro atoms. The zero-order chi connectivity index (χ0) is 5.82. The van der Waals surface area contributed by atoms with Gasteiger partial charge in [-0.15, -0.1) is 0 Å². The first-order valence-electron chi connectivity index (χ1n) is 2.89. The van der Waals surface area contributed by atoms with Crippen LogP contribution in [0.1, 0.15) is 0 Å². The Morgan fingerprint density at radius 2 is 2.56 bits per heavy atom. The molecule has 0 aromatic heterocycles. The lowest BCUT2D eigenvalue weighted by Crippen LogP contribution is -3.09. The number of nitrogens with zero attached hydrogens (tertiary/aromatic N) is 1. The minimum Gasteiger partial charge on any atom is -1.00 e. The Kier molecular flexibility index (Phi) is 4.36. The van der Waals surface area contributed by atoms with Gasteiger partial charge in [0.25, 0.3) is 0 Å². The van der Waals surface area contributed by atoms with Gasteiger partial charge in [0.15, 0.2) is 6.34 Å². The molecule has 0 fully saturated rings. The predicted octanol–water partition coefficient (Wildman–Crippen LogP) is -3.90. The Balaban J connectivity index is 0.000000640. The second kappa shape index (κ2) is 4.53. The van der Waals surface area contributed by atoms with Crippen LogP contribution in [0.15, 0.2) is 17.6 Å². The molecule has 9 heavy (non-hydrogen) atoms. The van der Waals surface area contributed by atoms with E-state index in [4.69, 9.17) is 0 Å². The summed E-state index contributed by atoms with van der Waals surface area (Å²) in [6.07, 6.45) is 3.88. The first kappa shape index (κ1) is 8.66. The van der Waals surface area contributed by atoms with Crippen LogP contribution < -0.4 is 17.3 Å². The molecule has 1 atom stereocenters. The number of rotatable bonds is 2. The predicted molar refractivity (Wildman–Crippen MR) is 34.3 cm³/mol. The fourth-order valence-corrected chi connectivity index (χ4v) is 0.807. The average Bonchev–Trinajstić information content (AvgIpc) is 2.19. The molecule has 0 aliphatic carbocycles. The number of hydrogen-bond donors (Lipinski definition) is 1.